The van der Waals surface area contributed by atoms with Crippen molar-refractivity contribution >= 4 is 34.8 Å². The van der Waals surface area contributed by atoms with E-state index in [4.69, 9.17) is 16.7 Å². The topological polar surface area (TPSA) is 112 Å². The largest absolute Gasteiger partial charge is 0.481 e. The van der Waals surface area contributed by atoms with Crippen molar-refractivity contribution in [3.8, 4) is 0 Å². The summed E-state index contributed by atoms with van der Waals surface area (Å²) in [5.74, 6) is -1.64. The Balaban J connectivity index is 2.18. The molecule has 1 atom stereocenters. The number of aromatic amines is 1. The summed E-state index contributed by atoms with van der Waals surface area (Å²) in [7, 11) is 0. The molecule has 2 aromatic rings. The first-order valence-corrected chi connectivity index (χ1v) is 6.99. The van der Waals surface area contributed by atoms with Crippen LogP contribution in [0.4, 0.5) is 0 Å². The number of carboxylic acids is 1. The molecule has 1 amide bonds. The zero-order chi connectivity index (χ0) is 15.4. The van der Waals surface area contributed by atoms with E-state index < -0.39 is 23.5 Å². The second-order valence-corrected chi connectivity index (χ2v) is 5.82. The number of halogens is 1. The van der Waals surface area contributed by atoms with Gasteiger partial charge in [-0.2, -0.15) is 5.10 Å². The minimum atomic E-state index is -1.06. The molecule has 0 aliphatic carbocycles. The van der Waals surface area contributed by atoms with Crippen LogP contribution in [0, 0.1) is 0 Å². The maximum absolute atomic E-state index is 12.0. The van der Waals surface area contributed by atoms with Gasteiger partial charge in [-0.25, -0.2) is 5.10 Å². The van der Waals surface area contributed by atoms with Crippen molar-refractivity contribution < 1.29 is 14.7 Å². The van der Waals surface area contributed by atoms with Crippen molar-refractivity contribution in [1.82, 2.24) is 15.5 Å². The van der Waals surface area contributed by atoms with Crippen molar-refractivity contribution in [2.45, 2.75) is 12.5 Å². The molecule has 0 unspecified atom stereocenters. The number of H-pyrrole nitrogens is 1. The molecule has 0 radical (unpaired) electrons. The van der Waals surface area contributed by atoms with Gasteiger partial charge in [-0.15, -0.1) is 11.3 Å². The van der Waals surface area contributed by atoms with Crippen molar-refractivity contribution in [2.24, 2.45) is 0 Å². The normalized spacial score (nSPS) is 11.9. The second-order valence-electron chi connectivity index (χ2n) is 4.07. The molecular formula is C12H10ClN3O4S. The molecule has 2 rings (SSSR count). The third-order valence-electron chi connectivity index (χ3n) is 2.53. The molecule has 0 saturated carbocycles. The van der Waals surface area contributed by atoms with Crippen LogP contribution in [0.3, 0.4) is 0 Å². The van der Waals surface area contributed by atoms with Crippen LogP contribution in [0.25, 0.3) is 0 Å². The second kappa shape index (κ2) is 6.51. The van der Waals surface area contributed by atoms with E-state index in [2.05, 4.69) is 15.5 Å². The molecule has 0 aliphatic rings. The van der Waals surface area contributed by atoms with Gasteiger partial charge in [0.2, 0.25) is 0 Å². The SMILES string of the molecule is O=C(O)C[C@@H](NC(=O)c1ccc(=O)[nH]n1)c1ccc(Cl)s1. The Morgan fingerprint density at radius 1 is 1.38 bits per heavy atom. The van der Waals surface area contributed by atoms with E-state index in [0.29, 0.717) is 9.21 Å². The van der Waals surface area contributed by atoms with Gasteiger partial charge in [0.05, 0.1) is 16.8 Å². The summed E-state index contributed by atoms with van der Waals surface area (Å²) in [5, 5.41) is 17.2. The van der Waals surface area contributed by atoms with Crippen LogP contribution in [0.5, 0.6) is 0 Å². The lowest BCUT2D eigenvalue weighted by molar-refractivity contribution is -0.137. The molecule has 0 saturated heterocycles. The fraction of sp³-hybridized carbons (Fsp3) is 0.167. The number of rotatable bonds is 5. The molecule has 0 aliphatic heterocycles. The van der Waals surface area contributed by atoms with Crippen molar-refractivity contribution in [3.63, 3.8) is 0 Å². The predicted octanol–water partition coefficient (Wildman–Crippen LogP) is 1.43. The molecule has 0 aromatic carbocycles. The average molecular weight is 328 g/mol. The highest BCUT2D eigenvalue weighted by Crippen LogP contribution is 2.28. The fourth-order valence-corrected chi connectivity index (χ4v) is 2.73. The Kier molecular flexibility index (Phi) is 4.71. The number of nitrogens with one attached hydrogen (secondary N) is 2. The predicted molar refractivity (Wildman–Crippen MR) is 76.6 cm³/mol. The molecule has 9 heteroatoms. The minimum Gasteiger partial charge on any atom is -0.481 e. The van der Waals surface area contributed by atoms with Gasteiger partial charge in [-0.1, -0.05) is 11.6 Å². The van der Waals surface area contributed by atoms with Crippen molar-refractivity contribution in [2.75, 3.05) is 0 Å². The highest BCUT2D eigenvalue weighted by Gasteiger charge is 2.21. The summed E-state index contributed by atoms with van der Waals surface area (Å²) in [6.45, 7) is 0. The monoisotopic (exact) mass is 327 g/mol. The first kappa shape index (κ1) is 15.2. The number of hydrogen-bond acceptors (Lipinski definition) is 5. The standard InChI is InChI=1S/C12H10ClN3O4S/c13-9-3-2-8(21-9)7(5-11(18)19)14-12(20)6-1-4-10(17)16-15-6/h1-4,7H,5H2,(H,14,20)(H,16,17)(H,18,19)/t7-/m1/s1. The van der Waals surface area contributed by atoms with E-state index >= 15 is 0 Å². The number of carbonyl (C=O) groups is 2. The lowest BCUT2D eigenvalue weighted by Gasteiger charge is -2.14. The number of amides is 1. The minimum absolute atomic E-state index is 0.00681. The molecule has 2 aromatic heterocycles. The smallest absolute Gasteiger partial charge is 0.305 e. The summed E-state index contributed by atoms with van der Waals surface area (Å²) < 4.78 is 0.497. The summed E-state index contributed by atoms with van der Waals surface area (Å²) in [6.07, 6.45) is -0.286. The number of aliphatic carboxylic acids is 1. The van der Waals surface area contributed by atoms with Crippen LogP contribution < -0.4 is 10.9 Å². The van der Waals surface area contributed by atoms with Crippen molar-refractivity contribution in [1.29, 1.82) is 0 Å². The van der Waals surface area contributed by atoms with Gasteiger partial charge in [-0.3, -0.25) is 14.4 Å². The highest BCUT2D eigenvalue weighted by atomic mass is 35.5. The Bertz CT molecular complexity index is 707. The van der Waals surface area contributed by atoms with Crippen LogP contribution in [0.15, 0.2) is 29.1 Å². The number of carbonyl (C=O) groups excluding carboxylic acids is 1. The van der Waals surface area contributed by atoms with E-state index in [1.54, 1.807) is 12.1 Å². The zero-order valence-corrected chi connectivity index (χ0v) is 12.1. The maximum Gasteiger partial charge on any atom is 0.305 e. The quantitative estimate of drug-likeness (QED) is 0.769. The third kappa shape index (κ3) is 4.14. The summed E-state index contributed by atoms with van der Waals surface area (Å²) in [5.41, 5.74) is -0.439. The average Bonchev–Trinajstić information content (AvgIpc) is 2.85. The van der Waals surface area contributed by atoms with E-state index in [1.165, 1.54) is 17.4 Å². The van der Waals surface area contributed by atoms with Gasteiger partial charge in [0.25, 0.3) is 11.5 Å². The number of nitrogens with zero attached hydrogens (tertiary/aromatic N) is 1. The van der Waals surface area contributed by atoms with Crippen LogP contribution in [-0.2, 0) is 4.79 Å². The molecule has 0 fully saturated rings. The van der Waals surface area contributed by atoms with E-state index in [-0.39, 0.29) is 12.1 Å². The van der Waals surface area contributed by atoms with Gasteiger partial charge < -0.3 is 10.4 Å². The summed E-state index contributed by atoms with van der Waals surface area (Å²) in [6, 6.07) is 4.98. The lowest BCUT2D eigenvalue weighted by Crippen LogP contribution is -2.31. The van der Waals surface area contributed by atoms with Gasteiger partial charge in [-0.05, 0) is 18.2 Å². The molecule has 110 valence electrons. The summed E-state index contributed by atoms with van der Waals surface area (Å²) >= 11 is 7.00. The number of carboxylic acid groups (broad SMARTS) is 1. The molecule has 0 bridgehead atoms. The van der Waals surface area contributed by atoms with Crippen LogP contribution in [-0.4, -0.2) is 27.2 Å². The van der Waals surface area contributed by atoms with Crippen LogP contribution in [0.1, 0.15) is 27.8 Å². The molecule has 0 spiro atoms. The van der Waals surface area contributed by atoms with Crippen LogP contribution in [0.2, 0.25) is 4.34 Å². The Morgan fingerprint density at radius 2 is 2.14 bits per heavy atom. The number of hydrogen-bond donors (Lipinski definition) is 3. The van der Waals surface area contributed by atoms with E-state index in [1.807, 2.05) is 0 Å². The van der Waals surface area contributed by atoms with Gasteiger partial charge >= 0.3 is 5.97 Å². The zero-order valence-electron chi connectivity index (χ0n) is 10.5. The fourth-order valence-electron chi connectivity index (χ4n) is 1.62. The molecule has 3 N–H and O–H groups in total. The number of aromatic nitrogens is 2. The van der Waals surface area contributed by atoms with E-state index in [0.717, 1.165) is 6.07 Å². The Hall–Kier alpha value is -2.19. The van der Waals surface area contributed by atoms with Crippen LogP contribution >= 0.6 is 22.9 Å². The van der Waals surface area contributed by atoms with Gasteiger partial charge in [0, 0.05) is 10.9 Å². The number of thiophene rings is 1. The highest BCUT2D eigenvalue weighted by molar-refractivity contribution is 7.16. The Morgan fingerprint density at radius 3 is 2.67 bits per heavy atom. The molecule has 2 heterocycles. The van der Waals surface area contributed by atoms with Crippen molar-refractivity contribution in [3.05, 3.63) is 49.5 Å². The maximum atomic E-state index is 12.0. The molecule has 7 nitrogen and oxygen atoms in total. The first-order chi connectivity index (χ1) is 9.95. The Labute approximate surface area is 127 Å². The van der Waals surface area contributed by atoms with Gasteiger partial charge in [0.15, 0.2) is 0 Å². The molecule has 21 heavy (non-hydrogen) atoms. The summed E-state index contributed by atoms with van der Waals surface area (Å²) in [4.78, 5) is 34.4. The van der Waals surface area contributed by atoms with Gasteiger partial charge in [0.1, 0.15) is 5.69 Å². The third-order valence-corrected chi connectivity index (χ3v) is 3.88. The van der Waals surface area contributed by atoms with E-state index in [9.17, 15) is 14.4 Å². The first-order valence-electron chi connectivity index (χ1n) is 5.79. The molecular weight excluding hydrogens is 318 g/mol. The lowest BCUT2D eigenvalue weighted by atomic mass is 10.1.